The van der Waals surface area contributed by atoms with Crippen LogP contribution in [0, 0.1) is 5.92 Å². The Labute approximate surface area is 54.6 Å². The van der Waals surface area contributed by atoms with Gasteiger partial charge >= 0.3 is 0 Å². The van der Waals surface area contributed by atoms with Gasteiger partial charge in [-0.05, 0) is 19.8 Å². The molecule has 1 aliphatic heterocycles. The van der Waals surface area contributed by atoms with Gasteiger partial charge in [-0.3, -0.25) is 0 Å². The van der Waals surface area contributed by atoms with Crippen LogP contribution in [0.15, 0.2) is 0 Å². The van der Waals surface area contributed by atoms with Crippen molar-refractivity contribution in [2.24, 2.45) is 5.92 Å². The van der Waals surface area contributed by atoms with Gasteiger partial charge < -0.3 is 5.32 Å². The zero-order chi connectivity index (χ0) is 6.43. The zero-order valence-corrected chi connectivity index (χ0v) is 5.60. The first-order chi connectivity index (χ1) is 4.27. The van der Waals surface area contributed by atoms with E-state index in [0.717, 1.165) is 12.8 Å². The van der Waals surface area contributed by atoms with E-state index >= 15 is 0 Å². The monoisotopic (exact) mass is 129 g/mol. The Morgan fingerprint density at radius 1 is 1.44 bits per heavy atom. The van der Waals surface area contributed by atoms with Gasteiger partial charge in [0.05, 0.1) is 0 Å². The molecule has 2 aliphatic rings. The summed E-state index contributed by atoms with van der Waals surface area (Å²) in [5.41, 5.74) is 0. The standard InChI is InChI=1S/C7H12FN/c1-4-6-2-5(9-4)3-7(6)8/h4-7,9H,2-3H2,1H3. The lowest BCUT2D eigenvalue weighted by atomic mass is 10.0. The van der Waals surface area contributed by atoms with E-state index < -0.39 is 6.17 Å². The minimum absolute atomic E-state index is 0.329. The van der Waals surface area contributed by atoms with Gasteiger partial charge in [-0.1, -0.05) is 0 Å². The lowest BCUT2D eigenvalue weighted by Gasteiger charge is -2.21. The minimum atomic E-state index is -0.508. The molecule has 0 amide bonds. The summed E-state index contributed by atoms with van der Waals surface area (Å²) in [5, 5.41) is 3.34. The van der Waals surface area contributed by atoms with E-state index in [-0.39, 0.29) is 0 Å². The van der Waals surface area contributed by atoms with E-state index in [9.17, 15) is 4.39 Å². The summed E-state index contributed by atoms with van der Waals surface area (Å²) < 4.78 is 12.8. The molecule has 9 heavy (non-hydrogen) atoms. The van der Waals surface area contributed by atoms with Crippen LogP contribution in [0.25, 0.3) is 0 Å². The fourth-order valence-corrected chi connectivity index (χ4v) is 2.17. The molecule has 1 aliphatic carbocycles. The summed E-state index contributed by atoms with van der Waals surface area (Å²) in [6.45, 7) is 2.08. The largest absolute Gasteiger partial charge is 0.311 e. The van der Waals surface area contributed by atoms with E-state index in [1.165, 1.54) is 0 Å². The predicted octanol–water partition coefficient (Wildman–Crippen LogP) is 1.09. The zero-order valence-electron chi connectivity index (χ0n) is 5.60. The SMILES string of the molecule is CC1NC2CC(F)C1C2. The molecule has 0 aromatic heterocycles. The van der Waals surface area contributed by atoms with Crippen molar-refractivity contribution in [2.75, 3.05) is 0 Å². The molecule has 2 bridgehead atoms. The average Bonchev–Trinajstić information content (AvgIpc) is 2.22. The highest BCUT2D eigenvalue weighted by Crippen LogP contribution is 2.37. The van der Waals surface area contributed by atoms with Gasteiger partial charge in [0.2, 0.25) is 0 Å². The van der Waals surface area contributed by atoms with E-state index in [2.05, 4.69) is 12.2 Å². The molecular formula is C7H12FN. The van der Waals surface area contributed by atoms with E-state index in [0.29, 0.717) is 18.0 Å². The first-order valence-corrected chi connectivity index (χ1v) is 3.67. The molecule has 0 aromatic carbocycles. The third-order valence-electron chi connectivity index (χ3n) is 2.67. The first-order valence-electron chi connectivity index (χ1n) is 3.67. The Morgan fingerprint density at radius 3 is 2.56 bits per heavy atom. The smallest absolute Gasteiger partial charge is 0.106 e. The summed E-state index contributed by atoms with van der Waals surface area (Å²) in [5.74, 6) is 0.329. The topological polar surface area (TPSA) is 12.0 Å². The second-order valence-electron chi connectivity index (χ2n) is 3.30. The van der Waals surface area contributed by atoms with Crippen LogP contribution < -0.4 is 5.32 Å². The summed E-state index contributed by atoms with van der Waals surface area (Å²) in [7, 11) is 0. The Balaban J connectivity index is 2.13. The molecule has 4 atom stereocenters. The van der Waals surface area contributed by atoms with Gasteiger partial charge in [-0.2, -0.15) is 0 Å². The van der Waals surface area contributed by atoms with Crippen LogP contribution in [-0.4, -0.2) is 18.3 Å². The van der Waals surface area contributed by atoms with Gasteiger partial charge in [0, 0.05) is 18.0 Å². The van der Waals surface area contributed by atoms with Crippen molar-refractivity contribution in [1.29, 1.82) is 0 Å². The molecule has 1 nitrogen and oxygen atoms in total. The Hall–Kier alpha value is -0.110. The summed E-state index contributed by atoms with van der Waals surface area (Å²) in [6.07, 6.45) is 1.32. The number of halogens is 1. The van der Waals surface area contributed by atoms with Gasteiger partial charge in [0.25, 0.3) is 0 Å². The lowest BCUT2D eigenvalue weighted by Crippen LogP contribution is -2.38. The summed E-state index contributed by atoms with van der Waals surface area (Å²) in [6, 6.07) is 0.929. The minimum Gasteiger partial charge on any atom is -0.311 e. The van der Waals surface area contributed by atoms with Crippen LogP contribution >= 0.6 is 0 Å². The molecule has 0 radical (unpaired) electrons. The quantitative estimate of drug-likeness (QED) is 0.516. The van der Waals surface area contributed by atoms with Crippen molar-refractivity contribution in [2.45, 2.75) is 38.0 Å². The average molecular weight is 129 g/mol. The Kier molecular flexibility index (Phi) is 1.06. The molecule has 1 saturated carbocycles. The maximum atomic E-state index is 12.8. The van der Waals surface area contributed by atoms with E-state index in [4.69, 9.17) is 0 Å². The molecule has 52 valence electrons. The molecule has 2 heteroatoms. The molecule has 0 spiro atoms. The van der Waals surface area contributed by atoms with E-state index in [1.54, 1.807) is 0 Å². The van der Waals surface area contributed by atoms with Crippen molar-refractivity contribution in [3.8, 4) is 0 Å². The highest BCUT2D eigenvalue weighted by molar-refractivity contribution is 4.99. The maximum absolute atomic E-state index is 12.8. The lowest BCUT2D eigenvalue weighted by molar-refractivity contribution is 0.208. The fourth-order valence-electron chi connectivity index (χ4n) is 2.17. The number of hydrogen-bond acceptors (Lipinski definition) is 1. The number of hydrogen-bond donors (Lipinski definition) is 1. The highest BCUT2D eigenvalue weighted by Gasteiger charge is 2.43. The molecule has 2 rings (SSSR count). The van der Waals surface area contributed by atoms with Gasteiger partial charge in [-0.25, -0.2) is 4.39 Å². The molecule has 2 fully saturated rings. The second-order valence-corrected chi connectivity index (χ2v) is 3.30. The molecule has 4 unspecified atom stereocenters. The number of fused-ring (bicyclic) bond motifs is 2. The first kappa shape index (κ1) is 5.66. The predicted molar refractivity (Wildman–Crippen MR) is 34.0 cm³/mol. The van der Waals surface area contributed by atoms with Crippen molar-refractivity contribution >= 4 is 0 Å². The van der Waals surface area contributed by atoms with Crippen molar-refractivity contribution in [3.05, 3.63) is 0 Å². The van der Waals surface area contributed by atoms with E-state index in [1.807, 2.05) is 0 Å². The van der Waals surface area contributed by atoms with Crippen LogP contribution in [-0.2, 0) is 0 Å². The highest BCUT2D eigenvalue weighted by atomic mass is 19.1. The van der Waals surface area contributed by atoms with Crippen molar-refractivity contribution in [1.82, 2.24) is 5.32 Å². The van der Waals surface area contributed by atoms with Gasteiger partial charge in [-0.15, -0.1) is 0 Å². The normalized spacial score (nSPS) is 56.7. The second kappa shape index (κ2) is 1.69. The van der Waals surface area contributed by atoms with Crippen LogP contribution in [0.2, 0.25) is 0 Å². The van der Waals surface area contributed by atoms with Crippen molar-refractivity contribution < 1.29 is 4.39 Å². The number of rotatable bonds is 0. The van der Waals surface area contributed by atoms with Crippen LogP contribution in [0.5, 0.6) is 0 Å². The van der Waals surface area contributed by atoms with Gasteiger partial charge in [0.1, 0.15) is 6.17 Å². The van der Waals surface area contributed by atoms with Crippen LogP contribution in [0.1, 0.15) is 19.8 Å². The van der Waals surface area contributed by atoms with Crippen molar-refractivity contribution in [3.63, 3.8) is 0 Å². The van der Waals surface area contributed by atoms with Crippen LogP contribution in [0.3, 0.4) is 0 Å². The molecule has 1 heterocycles. The molecule has 1 N–H and O–H groups in total. The fraction of sp³-hybridized carbons (Fsp3) is 1.00. The number of piperidine rings is 1. The molecular weight excluding hydrogens is 117 g/mol. The number of nitrogens with one attached hydrogen (secondary N) is 1. The maximum Gasteiger partial charge on any atom is 0.106 e. The summed E-state index contributed by atoms with van der Waals surface area (Å²) >= 11 is 0. The third-order valence-corrected chi connectivity index (χ3v) is 2.67. The number of alkyl halides is 1. The molecule has 1 saturated heterocycles. The Morgan fingerprint density at radius 2 is 2.22 bits per heavy atom. The Bertz CT molecular complexity index is 114. The third kappa shape index (κ3) is 0.692. The molecule has 0 aromatic rings. The van der Waals surface area contributed by atoms with Crippen LogP contribution in [0.4, 0.5) is 4.39 Å². The summed E-state index contributed by atoms with van der Waals surface area (Å²) in [4.78, 5) is 0. The van der Waals surface area contributed by atoms with Gasteiger partial charge in [0.15, 0.2) is 0 Å².